The van der Waals surface area contributed by atoms with Crippen LogP contribution in [0.3, 0.4) is 0 Å². The fourth-order valence-corrected chi connectivity index (χ4v) is 0. The number of hydrogen-bond donors (Lipinski definition) is 0. The second kappa shape index (κ2) is 29.2. The van der Waals surface area contributed by atoms with Crippen LogP contribution in [0.5, 0.6) is 0 Å². The molecule has 0 radical (unpaired) electrons. The molecule has 0 rings (SSSR count). The molecule has 12 heteroatoms. The van der Waals surface area contributed by atoms with Crippen LogP contribution in [0.1, 0.15) is 0 Å². The van der Waals surface area contributed by atoms with E-state index in [4.69, 9.17) is 28.1 Å². The van der Waals surface area contributed by atoms with Crippen molar-refractivity contribution in [1.82, 2.24) is 0 Å². The minimum absolute atomic E-state index is 1.22. The maximum absolute atomic E-state index is 8.52. The molecule has 0 aliphatic heterocycles. The van der Waals surface area contributed by atoms with Crippen molar-refractivity contribution >= 4 is 92.5 Å². The van der Waals surface area contributed by atoms with Crippen LogP contribution in [-0.4, -0.2) is 92.5 Å². The van der Waals surface area contributed by atoms with Gasteiger partial charge in [-0.1, -0.05) is 0 Å². The van der Waals surface area contributed by atoms with Crippen molar-refractivity contribution in [2.45, 2.75) is 0 Å². The Labute approximate surface area is 118 Å². The summed E-state index contributed by atoms with van der Waals surface area (Å²) in [6.45, 7) is 0. The van der Waals surface area contributed by atoms with Crippen LogP contribution in [0, 0.1) is 0 Å². The molecule has 0 aliphatic carbocycles. The molecule has 0 bridgehead atoms. The van der Waals surface area contributed by atoms with E-state index in [0.717, 1.165) is 0 Å². The van der Waals surface area contributed by atoms with Crippen molar-refractivity contribution in [3.63, 3.8) is 0 Å². The third kappa shape index (κ3) is 297. The molecule has 0 fully saturated rings. The molecular formula is Al2Na2O6Si2. The third-order valence-corrected chi connectivity index (χ3v) is 0. The minimum atomic E-state index is -3.63. The first-order valence-electron chi connectivity index (χ1n) is 2.38. The normalized spacial score (nSPS) is 5.33. The molecule has 0 atom stereocenters. The Morgan fingerprint density at radius 3 is 0.750 bits per heavy atom. The van der Waals surface area contributed by atoms with Gasteiger partial charge >= 0.3 is 74.2 Å². The summed E-state index contributed by atoms with van der Waals surface area (Å²) in [6.07, 6.45) is 0. The average Bonchev–Trinajstić information content (AvgIpc) is 1.93. The molecule has 12 heavy (non-hydrogen) atoms. The predicted molar refractivity (Wildman–Crippen MR) is 35.9 cm³/mol. The summed E-state index contributed by atoms with van der Waals surface area (Å²) in [5.41, 5.74) is 0. The van der Waals surface area contributed by atoms with Gasteiger partial charge in [-0.2, -0.15) is 0 Å². The van der Waals surface area contributed by atoms with Gasteiger partial charge in [0, 0.05) is 18.3 Å². The quantitative estimate of drug-likeness (QED) is 0.394. The first-order valence-corrected chi connectivity index (χ1v) is 14.1. The Balaban J connectivity index is -0.0000000380. The summed E-state index contributed by atoms with van der Waals surface area (Å²) in [5, 5.41) is 0. The van der Waals surface area contributed by atoms with E-state index < -0.39 is 18.3 Å². The molecule has 52 valence electrons. The molecule has 0 amide bonds. The van der Waals surface area contributed by atoms with Gasteiger partial charge in [0.15, 0.2) is 0 Å². The summed E-state index contributed by atoms with van der Waals surface area (Å²) in [4.78, 5) is 34.1. The summed E-state index contributed by atoms with van der Waals surface area (Å²) in [5.74, 6) is 0. The van der Waals surface area contributed by atoms with Crippen molar-refractivity contribution < 1.29 is 28.1 Å². The Bertz CT molecular complexity index is 79.5. The fourth-order valence-electron chi connectivity index (χ4n) is 0. The molecular weight excluding hydrogens is 252 g/mol. The fraction of sp³-hybridized carbons (Fsp3) is 0. The molecule has 6 nitrogen and oxygen atoms in total. The van der Waals surface area contributed by atoms with Crippen molar-refractivity contribution in [2.75, 3.05) is 0 Å². The summed E-state index contributed by atoms with van der Waals surface area (Å²) in [6, 6.07) is 0. The van der Waals surface area contributed by atoms with Gasteiger partial charge in [0.05, 0.1) is 0 Å². The van der Waals surface area contributed by atoms with Crippen LogP contribution in [0.15, 0.2) is 0 Å². The van der Waals surface area contributed by atoms with Crippen molar-refractivity contribution in [1.29, 1.82) is 0 Å². The van der Waals surface area contributed by atoms with Crippen LogP contribution in [0.25, 0.3) is 0 Å². The Kier molecular flexibility index (Phi) is 58.0. The molecule has 0 heterocycles. The van der Waals surface area contributed by atoms with Crippen molar-refractivity contribution in [3.8, 4) is 0 Å². The van der Waals surface area contributed by atoms with Crippen molar-refractivity contribution in [2.24, 2.45) is 0 Å². The SMILES string of the molecule is O=[Si]([O-])[O-].O=[Si]([O-])[O-].[Na][Al+2].[Na][Al+2]. The summed E-state index contributed by atoms with van der Waals surface area (Å²) >= 11 is 7.56. The average molecular weight is 252 g/mol. The molecule has 0 spiro atoms. The van der Waals surface area contributed by atoms with E-state index in [-0.39, 0.29) is 0 Å². The first kappa shape index (κ1) is 23.8. The van der Waals surface area contributed by atoms with E-state index in [1.165, 1.54) is 50.6 Å². The summed E-state index contributed by atoms with van der Waals surface area (Å²) < 4.78 is 17.0. The van der Waals surface area contributed by atoms with Gasteiger partial charge in [0.2, 0.25) is 0 Å². The maximum atomic E-state index is 8.52. The molecule has 0 saturated carbocycles. The van der Waals surface area contributed by atoms with Gasteiger partial charge in [-0.3, -0.25) is 0 Å². The van der Waals surface area contributed by atoms with E-state index in [0.29, 0.717) is 0 Å². The predicted octanol–water partition coefficient (Wildman–Crippen LogP) is -7.28. The second-order valence-electron chi connectivity index (χ2n) is 0.500. The molecule has 0 aromatic rings. The zero-order valence-electron chi connectivity index (χ0n) is 6.60. The molecule has 0 unspecified atom stereocenters. The van der Waals surface area contributed by atoms with Gasteiger partial charge in [0.25, 0.3) is 0 Å². The number of hydrogen-bond acceptors (Lipinski definition) is 6. The zero-order chi connectivity index (χ0) is 11.2. The first-order chi connectivity index (χ1) is 5.46. The van der Waals surface area contributed by atoms with E-state index in [1.54, 1.807) is 0 Å². The van der Waals surface area contributed by atoms with Crippen LogP contribution < -0.4 is 19.2 Å². The van der Waals surface area contributed by atoms with E-state index >= 15 is 0 Å². The van der Waals surface area contributed by atoms with Crippen LogP contribution in [0.2, 0.25) is 0 Å². The van der Waals surface area contributed by atoms with E-state index in [9.17, 15) is 0 Å². The van der Waals surface area contributed by atoms with Gasteiger partial charge in [-0.05, 0) is 0 Å². The molecule has 0 aliphatic rings. The van der Waals surface area contributed by atoms with E-state index in [1.807, 2.05) is 0 Å². The molecule has 0 N–H and O–H groups in total. The molecule has 0 saturated heterocycles. The van der Waals surface area contributed by atoms with Crippen molar-refractivity contribution in [3.05, 3.63) is 0 Å². The Morgan fingerprint density at radius 2 is 0.750 bits per heavy atom. The van der Waals surface area contributed by atoms with Crippen LogP contribution in [0.4, 0.5) is 0 Å². The topological polar surface area (TPSA) is 126 Å². The standard InChI is InChI=1S/2Al.2Na.2O3Si/c;;;;2*1-4(2)3/q2*+2;;;2*-2. The summed E-state index contributed by atoms with van der Waals surface area (Å²) in [7, 11) is -7.26. The zero-order valence-corrected chi connectivity index (χ0v) is 14.9. The van der Waals surface area contributed by atoms with E-state index in [2.05, 4.69) is 23.6 Å². The Morgan fingerprint density at radius 1 is 0.750 bits per heavy atom. The van der Waals surface area contributed by atoms with Crippen LogP contribution >= 0.6 is 0 Å². The molecule has 0 aromatic carbocycles. The van der Waals surface area contributed by atoms with Gasteiger partial charge in [-0.25, -0.2) is 0 Å². The Hall–Kier alpha value is 2.30. The molecule has 0 aromatic heterocycles. The van der Waals surface area contributed by atoms with Gasteiger partial charge in [-0.15, -0.1) is 0 Å². The van der Waals surface area contributed by atoms with Crippen LogP contribution in [-0.2, 0) is 8.92 Å². The monoisotopic (exact) mass is 252 g/mol. The van der Waals surface area contributed by atoms with Gasteiger partial charge in [0.1, 0.15) is 0 Å². The van der Waals surface area contributed by atoms with Gasteiger partial charge < -0.3 is 28.1 Å². The second-order valence-corrected chi connectivity index (χ2v) is 1.50. The number of rotatable bonds is 0. The third-order valence-electron chi connectivity index (χ3n) is 0.